The second-order valence-corrected chi connectivity index (χ2v) is 10.9. The van der Waals surface area contributed by atoms with Crippen LogP contribution in [0.4, 0.5) is 4.79 Å². The number of nitrogens with zero attached hydrogens (tertiary/aromatic N) is 1. The van der Waals surface area contributed by atoms with E-state index in [0.29, 0.717) is 5.56 Å². The Hall–Kier alpha value is -3.30. The molecule has 0 aliphatic rings. The smallest absolute Gasteiger partial charge is 0.408 e. The van der Waals surface area contributed by atoms with Crippen LogP contribution in [-0.4, -0.2) is 57.0 Å². The van der Waals surface area contributed by atoms with Crippen LogP contribution < -0.4 is 16.4 Å². The van der Waals surface area contributed by atoms with Gasteiger partial charge in [0.25, 0.3) is 0 Å². The molecule has 0 heterocycles. The van der Waals surface area contributed by atoms with E-state index >= 15 is 0 Å². The lowest BCUT2D eigenvalue weighted by atomic mass is 9.96. The molecule has 1 aromatic carbocycles. The number of carbonyl (C=O) groups is 4. The van der Waals surface area contributed by atoms with Crippen LogP contribution in [0.3, 0.4) is 0 Å². The molecule has 0 fully saturated rings. The van der Waals surface area contributed by atoms with Crippen LogP contribution in [0.25, 0.3) is 0 Å². The summed E-state index contributed by atoms with van der Waals surface area (Å²) < 4.78 is 5.24. The summed E-state index contributed by atoms with van der Waals surface area (Å²) in [6.07, 6.45) is -1.41. The topological polar surface area (TPSA) is 151 Å². The zero-order valence-electron chi connectivity index (χ0n) is 22.2. The van der Waals surface area contributed by atoms with Gasteiger partial charge in [0.1, 0.15) is 23.4 Å². The Morgan fingerprint density at radius 1 is 1.09 bits per heavy atom. The van der Waals surface area contributed by atoms with Crippen molar-refractivity contribution >= 4 is 23.8 Å². The highest BCUT2D eigenvalue weighted by molar-refractivity contribution is 5.95. The van der Waals surface area contributed by atoms with E-state index in [9.17, 15) is 24.3 Å². The lowest BCUT2D eigenvalue weighted by molar-refractivity contribution is -0.146. The minimum absolute atomic E-state index is 0.133. The van der Waals surface area contributed by atoms with Gasteiger partial charge in [-0.2, -0.15) is 0 Å². The second kappa shape index (κ2) is 11.4. The fourth-order valence-electron chi connectivity index (χ4n) is 3.47. The van der Waals surface area contributed by atoms with Crippen LogP contribution in [-0.2, 0) is 19.1 Å². The van der Waals surface area contributed by atoms with Crippen LogP contribution >= 0.6 is 0 Å². The van der Waals surface area contributed by atoms with E-state index < -0.39 is 59.5 Å². The second-order valence-electron chi connectivity index (χ2n) is 10.9. The highest BCUT2D eigenvalue weighted by Crippen LogP contribution is 2.34. The molecule has 1 rings (SSSR count). The van der Waals surface area contributed by atoms with Crippen molar-refractivity contribution in [1.29, 1.82) is 0 Å². The molecule has 0 spiro atoms. The zero-order valence-corrected chi connectivity index (χ0v) is 22.2. The van der Waals surface area contributed by atoms with Crippen molar-refractivity contribution in [2.75, 3.05) is 0 Å². The third-order valence-corrected chi connectivity index (χ3v) is 4.79. The summed E-state index contributed by atoms with van der Waals surface area (Å²) in [5, 5.41) is 16.1. The van der Waals surface area contributed by atoms with Crippen molar-refractivity contribution in [2.45, 2.75) is 98.0 Å². The predicted molar refractivity (Wildman–Crippen MR) is 132 cm³/mol. The lowest BCUT2D eigenvalue weighted by Crippen LogP contribution is -2.57. The lowest BCUT2D eigenvalue weighted by Gasteiger charge is -2.38. The fourth-order valence-corrected chi connectivity index (χ4v) is 3.47. The first kappa shape index (κ1) is 29.7. The number of aromatic hydroxyl groups is 1. The number of phenolic OH excluding ortho intramolecular Hbond substituents is 1. The summed E-state index contributed by atoms with van der Waals surface area (Å²) in [5.41, 5.74) is 4.62. The van der Waals surface area contributed by atoms with Crippen LogP contribution in [0.1, 0.15) is 79.0 Å². The number of benzene rings is 1. The van der Waals surface area contributed by atoms with Crippen molar-refractivity contribution in [3.8, 4) is 5.75 Å². The van der Waals surface area contributed by atoms with Gasteiger partial charge < -0.3 is 31.1 Å². The van der Waals surface area contributed by atoms with E-state index in [2.05, 4.69) is 10.6 Å². The van der Waals surface area contributed by atoms with Gasteiger partial charge in [-0.1, -0.05) is 18.2 Å². The predicted octanol–water partition coefficient (Wildman–Crippen LogP) is 2.66. The number of amides is 4. The molecule has 0 aromatic heterocycles. The summed E-state index contributed by atoms with van der Waals surface area (Å²) in [5.74, 6) is -2.21. The van der Waals surface area contributed by atoms with E-state index in [1.807, 2.05) is 0 Å². The SMILES string of the molecule is Cc1cccc(C(C(=O)NC(C)(C)C)N(C(=O)C(CC(N)=O)NC(=O)OC(C)(C)C)C(C)C)c1O. The average Bonchev–Trinajstić information content (AvgIpc) is 2.64. The van der Waals surface area contributed by atoms with Gasteiger partial charge in [-0.05, 0) is 67.9 Å². The summed E-state index contributed by atoms with van der Waals surface area (Å²) in [7, 11) is 0. The van der Waals surface area contributed by atoms with Crippen LogP contribution in [0, 0.1) is 6.92 Å². The molecule has 1 aromatic rings. The normalized spacial score (nSPS) is 13.5. The van der Waals surface area contributed by atoms with Gasteiger partial charge in [0, 0.05) is 17.1 Å². The minimum Gasteiger partial charge on any atom is -0.507 e. The van der Waals surface area contributed by atoms with E-state index in [0.717, 1.165) is 0 Å². The van der Waals surface area contributed by atoms with Crippen LogP contribution in [0.5, 0.6) is 5.75 Å². The number of para-hydroxylation sites is 1. The van der Waals surface area contributed by atoms with Crippen LogP contribution in [0.15, 0.2) is 18.2 Å². The maximum Gasteiger partial charge on any atom is 0.408 e. The Balaban J connectivity index is 3.60. The first-order chi connectivity index (χ1) is 15.8. The molecule has 2 atom stereocenters. The number of aryl methyl sites for hydroxylation is 1. The molecule has 35 heavy (non-hydrogen) atoms. The molecule has 0 aliphatic heterocycles. The van der Waals surface area contributed by atoms with Crippen molar-refractivity contribution < 1.29 is 29.0 Å². The average molecular weight is 493 g/mol. The maximum absolute atomic E-state index is 13.8. The first-order valence-electron chi connectivity index (χ1n) is 11.5. The number of nitrogens with one attached hydrogen (secondary N) is 2. The number of carbonyl (C=O) groups excluding carboxylic acids is 4. The highest BCUT2D eigenvalue weighted by atomic mass is 16.6. The minimum atomic E-state index is -1.39. The largest absolute Gasteiger partial charge is 0.507 e. The monoisotopic (exact) mass is 492 g/mol. The Morgan fingerprint density at radius 2 is 1.66 bits per heavy atom. The molecule has 0 saturated heterocycles. The van der Waals surface area contributed by atoms with Gasteiger partial charge in [0.2, 0.25) is 17.7 Å². The third kappa shape index (κ3) is 9.11. The first-order valence-corrected chi connectivity index (χ1v) is 11.5. The number of hydrogen-bond donors (Lipinski definition) is 4. The molecule has 10 nitrogen and oxygen atoms in total. The summed E-state index contributed by atoms with van der Waals surface area (Å²) >= 11 is 0. The molecule has 0 saturated carbocycles. The molecule has 196 valence electrons. The van der Waals surface area contributed by atoms with Crippen molar-refractivity contribution in [3.63, 3.8) is 0 Å². The van der Waals surface area contributed by atoms with Gasteiger partial charge in [-0.15, -0.1) is 0 Å². The fraction of sp³-hybridized carbons (Fsp3) is 0.600. The van der Waals surface area contributed by atoms with Gasteiger partial charge >= 0.3 is 6.09 Å². The Kier molecular flexibility index (Phi) is 9.70. The van der Waals surface area contributed by atoms with Crippen molar-refractivity contribution in [2.24, 2.45) is 5.73 Å². The quantitative estimate of drug-likeness (QED) is 0.438. The number of hydrogen-bond acceptors (Lipinski definition) is 6. The molecule has 5 N–H and O–H groups in total. The van der Waals surface area contributed by atoms with E-state index in [-0.39, 0.29) is 11.3 Å². The Bertz CT molecular complexity index is 946. The number of alkyl carbamates (subject to hydrolysis) is 1. The number of ether oxygens (including phenoxy) is 1. The number of rotatable bonds is 8. The Morgan fingerprint density at radius 3 is 2.11 bits per heavy atom. The maximum atomic E-state index is 13.8. The molecular weight excluding hydrogens is 452 g/mol. The van der Waals surface area contributed by atoms with E-state index in [1.165, 1.54) is 4.90 Å². The number of primary amides is 1. The van der Waals surface area contributed by atoms with Gasteiger partial charge in [0.15, 0.2) is 0 Å². The Labute approximate surface area is 207 Å². The standard InChI is InChI=1S/C25H40N4O6/c1-14(2)29(22(33)17(13-18(26)30)27-23(34)35-25(7,8)9)19(21(32)28-24(4,5)6)16-12-10-11-15(3)20(16)31/h10-12,14,17,19,31H,13H2,1-9H3,(H2,26,30)(H,27,34)(H,28,32). The summed E-state index contributed by atoms with van der Waals surface area (Å²) in [4.78, 5) is 52.7. The van der Waals surface area contributed by atoms with E-state index in [4.69, 9.17) is 10.5 Å². The molecule has 0 bridgehead atoms. The van der Waals surface area contributed by atoms with Crippen LogP contribution in [0.2, 0.25) is 0 Å². The third-order valence-electron chi connectivity index (χ3n) is 4.79. The van der Waals surface area contributed by atoms with Crippen molar-refractivity contribution in [1.82, 2.24) is 15.5 Å². The zero-order chi connectivity index (χ0) is 27.3. The van der Waals surface area contributed by atoms with Gasteiger partial charge in [-0.3, -0.25) is 14.4 Å². The van der Waals surface area contributed by atoms with Gasteiger partial charge in [0.05, 0.1) is 6.42 Å². The number of phenols is 1. The molecule has 4 amide bonds. The summed E-state index contributed by atoms with van der Waals surface area (Å²) in [6.45, 7) is 15.4. The molecular formula is C25H40N4O6. The molecule has 2 unspecified atom stereocenters. The summed E-state index contributed by atoms with van der Waals surface area (Å²) in [6, 6.07) is 1.71. The highest BCUT2D eigenvalue weighted by Gasteiger charge is 2.40. The molecule has 0 radical (unpaired) electrons. The van der Waals surface area contributed by atoms with Crippen molar-refractivity contribution in [3.05, 3.63) is 29.3 Å². The number of nitrogens with two attached hydrogens (primary N) is 1. The van der Waals surface area contributed by atoms with E-state index in [1.54, 1.807) is 80.5 Å². The molecule has 10 heteroatoms. The molecule has 0 aliphatic carbocycles. The van der Waals surface area contributed by atoms with Gasteiger partial charge in [-0.25, -0.2) is 4.79 Å².